The number of amides is 2. The molecule has 1 unspecified atom stereocenters. The Morgan fingerprint density at radius 3 is 2.30 bits per heavy atom. The predicted molar refractivity (Wildman–Crippen MR) is 130 cm³/mol. The summed E-state index contributed by atoms with van der Waals surface area (Å²) < 4.78 is 5.40. The maximum atomic E-state index is 13.2. The van der Waals surface area contributed by atoms with Crippen LogP contribution in [0.1, 0.15) is 28.4 Å². The first-order valence-electron chi connectivity index (χ1n) is 10.7. The van der Waals surface area contributed by atoms with Crippen LogP contribution in [0, 0.1) is 0 Å². The van der Waals surface area contributed by atoms with E-state index in [9.17, 15) is 9.59 Å². The van der Waals surface area contributed by atoms with Gasteiger partial charge in [-0.1, -0.05) is 48.5 Å². The van der Waals surface area contributed by atoms with E-state index in [1.807, 2.05) is 65.7 Å². The zero-order chi connectivity index (χ0) is 23.4. The SMILES string of the molecule is COc1ccc(C(=O)N(C)C)cc1NC(=O)C1=NN(c2ccccc2)C(c2ccccc2)C1. The van der Waals surface area contributed by atoms with Crippen molar-refractivity contribution in [2.24, 2.45) is 5.10 Å². The van der Waals surface area contributed by atoms with Gasteiger partial charge in [-0.15, -0.1) is 0 Å². The number of nitrogens with zero attached hydrogens (tertiary/aromatic N) is 3. The molecule has 0 bridgehead atoms. The number of anilines is 2. The molecule has 1 atom stereocenters. The van der Waals surface area contributed by atoms with Gasteiger partial charge in [-0.25, -0.2) is 0 Å². The maximum absolute atomic E-state index is 13.2. The molecule has 1 aliphatic rings. The molecule has 1 heterocycles. The third-order valence-corrected chi connectivity index (χ3v) is 5.48. The van der Waals surface area contributed by atoms with Crippen LogP contribution in [-0.2, 0) is 4.79 Å². The lowest BCUT2D eigenvalue weighted by molar-refractivity contribution is -0.110. The molecule has 0 saturated heterocycles. The zero-order valence-corrected chi connectivity index (χ0v) is 18.9. The second-order valence-corrected chi connectivity index (χ2v) is 7.93. The maximum Gasteiger partial charge on any atom is 0.272 e. The van der Waals surface area contributed by atoms with Crippen molar-refractivity contribution in [3.63, 3.8) is 0 Å². The number of nitrogens with one attached hydrogen (secondary N) is 1. The van der Waals surface area contributed by atoms with Crippen molar-refractivity contribution in [1.82, 2.24) is 4.90 Å². The number of methoxy groups -OCH3 is 1. The highest BCUT2D eigenvalue weighted by Crippen LogP contribution is 2.35. The van der Waals surface area contributed by atoms with Crippen LogP contribution in [0.2, 0.25) is 0 Å². The van der Waals surface area contributed by atoms with E-state index in [2.05, 4.69) is 10.4 Å². The number of carbonyl (C=O) groups is 2. The average molecular weight is 443 g/mol. The Bertz CT molecular complexity index is 1180. The summed E-state index contributed by atoms with van der Waals surface area (Å²) in [7, 11) is 4.88. The first kappa shape index (κ1) is 22.1. The van der Waals surface area contributed by atoms with E-state index in [0.29, 0.717) is 29.1 Å². The Hall–Kier alpha value is -4.13. The Kier molecular flexibility index (Phi) is 6.40. The second-order valence-electron chi connectivity index (χ2n) is 7.93. The van der Waals surface area contributed by atoms with E-state index in [4.69, 9.17) is 4.74 Å². The van der Waals surface area contributed by atoms with E-state index in [1.54, 1.807) is 32.3 Å². The van der Waals surface area contributed by atoms with Crippen molar-refractivity contribution < 1.29 is 14.3 Å². The molecule has 0 saturated carbocycles. The molecule has 0 aromatic heterocycles. The summed E-state index contributed by atoms with van der Waals surface area (Å²) in [5.41, 5.74) is 3.26. The fourth-order valence-electron chi connectivity index (χ4n) is 3.79. The van der Waals surface area contributed by atoms with Gasteiger partial charge in [-0.2, -0.15) is 5.10 Å². The summed E-state index contributed by atoms with van der Waals surface area (Å²) in [6.07, 6.45) is 0.448. The molecule has 0 aliphatic carbocycles. The molecule has 33 heavy (non-hydrogen) atoms. The predicted octanol–water partition coefficient (Wildman–Crippen LogP) is 4.34. The molecule has 2 amide bonds. The normalized spacial score (nSPS) is 15.1. The smallest absolute Gasteiger partial charge is 0.272 e. The average Bonchev–Trinajstić information content (AvgIpc) is 3.30. The van der Waals surface area contributed by atoms with Crippen LogP contribution in [0.5, 0.6) is 5.75 Å². The van der Waals surface area contributed by atoms with Crippen LogP contribution < -0.4 is 15.1 Å². The molecule has 1 aliphatic heterocycles. The minimum atomic E-state index is -0.331. The van der Waals surface area contributed by atoms with Gasteiger partial charge in [-0.05, 0) is 35.9 Å². The lowest BCUT2D eigenvalue weighted by atomic mass is 10.0. The van der Waals surface area contributed by atoms with Crippen molar-refractivity contribution in [1.29, 1.82) is 0 Å². The number of benzene rings is 3. The van der Waals surface area contributed by atoms with E-state index in [-0.39, 0.29) is 17.9 Å². The lowest BCUT2D eigenvalue weighted by Crippen LogP contribution is -2.24. The number of carbonyl (C=O) groups excluding carboxylic acids is 2. The van der Waals surface area contributed by atoms with Crippen LogP contribution in [0.15, 0.2) is 84.0 Å². The molecule has 4 rings (SSSR count). The van der Waals surface area contributed by atoms with Crippen molar-refractivity contribution in [3.8, 4) is 5.75 Å². The minimum Gasteiger partial charge on any atom is -0.495 e. The summed E-state index contributed by atoms with van der Waals surface area (Å²) in [4.78, 5) is 27.1. The number of hydrogen-bond acceptors (Lipinski definition) is 5. The van der Waals surface area contributed by atoms with Crippen molar-refractivity contribution in [2.75, 3.05) is 31.5 Å². The summed E-state index contributed by atoms with van der Waals surface area (Å²) in [6, 6.07) is 24.7. The number of para-hydroxylation sites is 1. The van der Waals surface area contributed by atoms with Crippen molar-refractivity contribution >= 4 is 28.9 Å². The fraction of sp³-hybridized carbons (Fsp3) is 0.192. The van der Waals surface area contributed by atoms with Crippen LogP contribution in [0.25, 0.3) is 0 Å². The highest BCUT2D eigenvalue weighted by atomic mass is 16.5. The Labute approximate surface area is 193 Å². The fourth-order valence-corrected chi connectivity index (χ4v) is 3.79. The Morgan fingerprint density at radius 2 is 1.67 bits per heavy atom. The summed E-state index contributed by atoms with van der Waals surface area (Å²) in [6.45, 7) is 0. The van der Waals surface area contributed by atoms with Crippen molar-refractivity contribution in [3.05, 3.63) is 90.0 Å². The van der Waals surface area contributed by atoms with Gasteiger partial charge in [-0.3, -0.25) is 14.6 Å². The topological polar surface area (TPSA) is 74.2 Å². The van der Waals surface area contributed by atoms with Crippen molar-refractivity contribution in [2.45, 2.75) is 12.5 Å². The zero-order valence-electron chi connectivity index (χ0n) is 18.9. The molecular weight excluding hydrogens is 416 g/mol. The largest absolute Gasteiger partial charge is 0.495 e. The number of hydrazone groups is 1. The van der Waals surface area contributed by atoms with Crippen LogP contribution in [0.4, 0.5) is 11.4 Å². The van der Waals surface area contributed by atoms with E-state index < -0.39 is 0 Å². The van der Waals surface area contributed by atoms with Gasteiger partial charge in [0, 0.05) is 26.1 Å². The molecule has 3 aromatic rings. The molecule has 3 aromatic carbocycles. The standard InChI is InChI=1S/C26H26N4O3/c1-29(2)26(32)19-14-15-24(33-3)21(16-19)27-25(31)22-17-23(18-10-6-4-7-11-18)30(28-22)20-12-8-5-9-13-20/h4-16,23H,17H2,1-3H3,(H,27,31). The van der Waals surface area contributed by atoms with Crippen LogP contribution >= 0.6 is 0 Å². The Balaban J connectivity index is 1.63. The van der Waals surface area contributed by atoms with Crippen LogP contribution in [0.3, 0.4) is 0 Å². The van der Waals surface area contributed by atoms with Gasteiger partial charge < -0.3 is 15.0 Å². The summed E-state index contributed by atoms with van der Waals surface area (Å²) in [5.74, 6) is -0.0235. The van der Waals surface area contributed by atoms with E-state index in [0.717, 1.165) is 11.3 Å². The summed E-state index contributed by atoms with van der Waals surface area (Å²) >= 11 is 0. The molecule has 7 nitrogen and oxygen atoms in total. The highest BCUT2D eigenvalue weighted by molar-refractivity contribution is 6.44. The minimum absolute atomic E-state index is 0.0992. The molecule has 7 heteroatoms. The van der Waals surface area contributed by atoms with Gasteiger partial charge in [0.05, 0.1) is 24.5 Å². The quantitative estimate of drug-likeness (QED) is 0.616. The van der Waals surface area contributed by atoms with E-state index in [1.165, 1.54) is 12.0 Å². The highest BCUT2D eigenvalue weighted by Gasteiger charge is 2.32. The molecular formula is C26H26N4O3. The Morgan fingerprint density at radius 1 is 1.00 bits per heavy atom. The van der Waals surface area contributed by atoms with Gasteiger partial charge in [0.15, 0.2) is 0 Å². The van der Waals surface area contributed by atoms with E-state index >= 15 is 0 Å². The van der Waals surface area contributed by atoms with Crippen LogP contribution in [-0.4, -0.2) is 43.6 Å². The lowest BCUT2D eigenvalue weighted by Gasteiger charge is -2.23. The van der Waals surface area contributed by atoms with Gasteiger partial charge in [0.1, 0.15) is 11.5 Å². The monoisotopic (exact) mass is 442 g/mol. The number of rotatable bonds is 6. The molecule has 168 valence electrons. The molecule has 0 radical (unpaired) electrons. The first-order chi connectivity index (χ1) is 16.0. The first-order valence-corrected chi connectivity index (χ1v) is 10.7. The van der Waals surface area contributed by atoms with Gasteiger partial charge in [0.2, 0.25) is 0 Å². The number of ether oxygens (including phenoxy) is 1. The summed E-state index contributed by atoms with van der Waals surface area (Å²) in [5, 5.41) is 9.45. The second kappa shape index (κ2) is 9.56. The molecule has 0 fully saturated rings. The van der Waals surface area contributed by atoms with Gasteiger partial charge in [0.25, 0.3) is 11.8 Å². The molecule has 0 spiro atoms. The third-order valence-electron chi connectivity index (χ3n) is 5.48. The van der Waals surface area contributed by atoms with Gasteiger partial charge >= 0.3 is 0 Å². The molecule has 1 N–H and O–H groups in total. The third kappa shape index (κ3) is 4.72. The number of hydrogen-bond donors (Lipinski definition) is 1.